The summed E-state index contributed by atoms with van der Waals surface area (Å²) in [6.07, 6.45) is 4.06. The Bertz CT molecular complexity index is 1240. The fourth-order valence-corrected chi connectivity index (χ4v) is 5.20. The van der Waals surface area contributed by atoms with Crippen LogP contribution in [0, 0.1) is 6.92 Å². The van der Waals surface area contributed by atoms with E-state index in [9.17, 15) is 0 Å². The van der Waals surface area contributed by atoms with Crippen molar-refractivity contribution in [1.29, 1.82) is 0 Å². The van der Waals surface area contributed by atoms with Gasteiger partial charge in [0.05, 0.1) is 26.7 Å². The summed E-state index contributed by atoms with van der Waals surface area (Å²) in [6, 6.07) is 22.2. The molecule has 3 heterocycles. The van der Waals surface area contributed by atoms with Crippen LogP contribution in [0.2, 0.25) is 0 Å². The number of pyridine rings is 1. The van der Waals surface area contributed by atoms with E-state index in [1.807, 2.05) is 6.20 Å². The molecule has 0 aliphatic carbocycles. The highest BCUT2D eigenvalue weighted by molar-refractivity contribution is 5.93. The van der Waals surface area contributed by atoms with Gasteiger partial charge in [0.1, 0.15) is 6.04 Å². The van der Waals surface area contributed by atoms with E-state index in [0.717, 1.165) is 36.2 Å². The first-order valence-corrected chi connectivity index (χ1v) is 11.6. The van der Waals surface area contributed by atoms with Crippen LogP contribution in [-0.2, 0) is 19.4 Å². The number of quaternary nitrogens is 1. The van der Waals surface area contributed by atoms with E-state index in [-0.39, 0.29) is 24.0 Å². The van der Waals surface area contributed by atoms with Crippen LogP contribution in [0.5, 0.6) is 0 Å². The Kier molecular flexibility index (Phi) is 6.82. The molecule has 0 spiro atoms. The zero-order valence-corrected chi connectivity index (χ0v) is 22.1. The van der Waals surface area contributed by atoms with E-state index in [0.29, 0.717) is 6.04 Å². The smallest absolute Gasteiger partial charge is 0.153 e. The summed E-state index contributed by atoms with van der Waals surface area (Å²) in [5, 5.41) is 1.31. The first-order valence-electron chi connectivity index (χ1n) is 11.6. The predicted octanol–water partition coefficient (Wildman–Crippen LogP) is 2.43. The summed E-state index contributed by atoms with van der Waals surface area (Å²) in [4.78, 5) is 11.0. The number of likely N-dealkylation sites (N-methyl/N-ethyl adjacent to an activating group) is 1. The quantitative estimate of drug-likeness (QED) is 0.305. The standard InChI is InChI=1S/C28H33N4.HI/c1-20-26(25(32(2,3)4)18-21-10-6-5-7-11-21)24-14-16-29-28(27(24)30-20)31-17-15-22-12-8-9-13-23(22)19-31;/h5-14,16,25,30H,15,17-19H2,1-4H3;1H/q+1;/p-1. The van der Waals surface area contributed by atoms with E-state index in [1.54, 1.807) is 0 Å². The van der Waals surface area contributed by atoms with Crippen LogP contribution in [0.3, 0.4) is 0 Å². The molecule has 5 rings (SSSR count). The van der Waals surface area contributed by atoms with Gasteiger partial charge in [0.2, 0.25) is 0 Å². The fraction of sp³-hybridized carbons (Fsp3) is 0.321. The Morgan fingerprint density at radius 3 is 2.39 bits per heavy atom. The predicted molar refractivity (Wildman–Crippen MR) is 133 cm³/mol. The summed E-state index contributed by atoms with van der Waals surface area (Å²) in [5.74, 6) is 1.08. The minimum atomic E-state index is 0. The third-order valence-electron chi connectivity index (χ3n) is 6.91. The van der Waals surface area contributed by atoms with Crippen molar-refractivity contribution in [3.05, 3.63) is 94.8 Å². The van der Waals surface area contributed by atoms with E-state index in [2.05, 4.69) is 98.6 Å². The molecule has 4 aromatic rings. The van der Waals surface area contributed by atoms with Gasteiger partial charge in [-0.2, -0.15) is 0 Å². The molecule has 0 fully saturated rings. The fourth-order valence-electron chi connectivity index (χ4n) is 5.20. The second-order valence-electron chi connectivity index (χ2n) is 9.98. The molecular weight excluding hydrogens is 519 g/mol. The van der Waals surface area contributed by atoms with E-state index in [4.69, 9.17) is 4.98 Å². The van der Waals surface area contributed by atoms with Gasteiger partial charge in [0, 0.05) is 42.4 Å². The zero-order valence-electron chi connectivity index (χ0n) is 20.0. The van der Waals surface area contributed by atoms with Crippen molar-refractivity contribution in [3.63, 3.8) is 0 Å². The van der Waals surface area contributed by atoms with Crippen LogP contribution in [0.25, 0.3) is 10.9 Å². The Hall–Kier alpha value is -2.38. The Balaban J connectivity index is 0.00000259. The maximum Gasteiger partial charge on any atom is 0.153 e. The maximum atomic E-state index is 4.85. The van der Waals surface area contributed by atoms with Gasteiger partial charge in [-0.05, 0) is 36.1 Å². The molecule has 1 aliphatic heterocycles. The number of hydrogen-bond donors (Lipinski definition) is 1. The van der Waals surface area contributed by atoms with Gasteiger partial charge in [-0.25, -0.2) is 4.98 Å². The van der Waals surface area contributed by atoms with Gasteiger partial charge >= 0.3 is 0 Å². The van der Waals surface area contributed by atoms with Crippen LogP contribution in [0.4, 0.5) is 5.82 Å². The van der Waals surface area contributed by atoms with Gasteiger partial charge in [0.25, 0.3) is 0 Å². The van der Waals surface area contributed by atoms with Crippen LogP contribution < -0.4 is 28.9 Å². The maximum absolute atomic E-state index is 4.85. The molecule has 2 aromatic heterocycles. The van der Waals surface area contributed by atoms with E-state index < -0.39 is 0 Å². The van der Waals surface area contributed by atoms with Crippen molar-refractivity contribution in [3.8, 4) is 0 Å². The molecule has 0 bridgehead atoms. The molecule has 172 valence electrons. The molecule has 5 heteroatoms. The van der Waals surface area contributed by atoms with Crippen molar-refractivity contribution in [2.75, 3.05) is 32.6 Å². The van der Waals surface area contributed by atoms with Crippen molar-refractivity contribution in [2.24, 2.45) is 0 Å². The topological polar surface area (TPSA) is 31.9 Å². The lowest BCUT2D eigenvalue weighted by Crippen LogP contribution is -3.00. The summed E-state index contributed by atoms with van der Waals surface area (Å²) in [6.45, 7) is 4.13. The molecule has 0 amide bonds. The van der Waals surface area contributed by atoms with E-state index in [1.165, 1.54) is 38.9 Å². The molecule has 0 saturated carbocycles. The lowest BCUT2D eigenvalue weighted by atomic mass is 9.94. The number of H-pyrrole nitrogens is 1. The highest BCUT2D eigenvalue weighted by Crippen LogP contribution is 2.38. The first kappa shape index (κ1) is 23.8. The monoisotopic (exact) mass is 552 g/mol. The number of hydrogen-bond acceptors (Lipinski definition) is 2. The van der Waals surface area contributed by atoms with Gasteiger partial charge < -0.3 is 38.3 Å². The third kappa shape index (κ3) is 4.66. The summed E-state index contributed by atoms with van der Waals surface area (Å²) >= 11 is 0. The lowest BCUT2D eigenvalue weighted by Gasteiger charge is -2.35. The van der Waals surface area contributed by atoms with Gasteiger partial charge in [-0.1, -0.05) is 54.6 Å². The molecule has 0 radical (unpaired) electrons. The molecule has 1 aliphatic rings. The van der Waals surface area contributed by atoms with E-state index >= 15 is 0 Å². The summed E-state index contributed by atoms with van der Waals surface area (Å²) in [7, 11) is 6.90. The molecule has 1 N–H and O–H groups in total. The average molecular weight is 553 g/mol. The number of fused-ring (bicyclic) bond motifs is 2. The van der Waals surface area contributed by atoms with Crippen molar-refractivity contribution < 1.29 is 28.5 Å². The highest BCUT2D eigenvalue weighted by atomic mass is 127. The number of nitrogens with one attached hydrogen (secondary N) is 1. The lowest BCUT2D eigenvalue weighted by molar-refractivity contribution is -0.902. The Morgan fingerprint density at radius 1 is 0.970 bits per heavy atom. The molecule has 1 atom stereocenters. The zero-order chi connectivity index (χ0) is 22.3. The second-order valence-corrected chi connectivity index (χ2v) is 9.98. The molecule has 1 unspecified atom stereocenters. The number of aromatic amines is 1. The van der Waals surface area contributed by atoms with Crippen LogP contribution in [0.1, 0.15) is 34.0 Å². The summed E-state index contributed by atoms with van der Waals surface area (Å²) in [5.41, 5.74) is 8.09. The molecule has 33 heavy (non-hydrogen) atoms. The van der Waals surface area contributed by atoms with Crippen LogP contribution >= 0.6 is 0 Å². The van der Waals surface area contributed by atoms with Crippen molar-refractivity contribution in [1.82, 2.24) is 9.97 Å². The minimum absolute atomic E-state index is 0. The van der Waals surface area contributed by atoms with Crippen LogP contribution in [-0.4, -0.2) is 42.1 Å². The van der Waals surface area contributed by atoms with Gasteiger partial charge in [-0.3, -0.25) is 0 Å². The Morgan fingerprint density at radius 2 is 1.67 bits per heavy atom. The summed E-state index contributed by atoms with van der Waals surface area (Å²) < 4.78 is 0.872. The normalized spacial score (nSPS) is 14.6. The SMILES string of the molecule is Cc1[nH]c2c(N3CCc4ccccc4C3)nccc2c1C(Cc1ccccc1)[N+](C)(C)C.[I-]. The number of halogens is 1. The number of rotatable bonds is 5. The van der Waals surface area contributed by atoms with Gasteiger partial charge in [0.15, 0.2) is 5.82 Å². The minimum Gasteiger partial charge on any atom is -1.00 e. The number of nitrogens with zero attached hydrogens (tertiary/aromatic N) is 3. The third-order valence-corrected chi connectivity index (χ3v) is 6.91. The largest absolute Gasteiger partial charge is 1.00 e. The highest BCUT2D eigenvalue weighted by Gasteiger charge is 2.32. The number of aryl methyl sites for hydroxylation is 1. The average Bonchev–Trinajstić information content (AvgIpc) is 3.12. The number of anilines is 1. The second kappa shape index (κ2) is 9.47. The molecule has 0 saturated heterocycles. The van der Waals surface area contributed by atoms with Crippen molar-refractivity contribution in [2.45, 2.75) is 32.4 Å². The molecule has 4 nitrogen and oxygen atoms in total. The Labute approximate surface area is 214 Å². The molecule has 2 aromatic carbocycles. The first-order chi connectivity index (χ1) is 15.4. The number of benzene rings is 2. The van der Waals surface area contributed by atoms with Crippen molar-refractivity contribution >= 4 is 16.7 Å². The van der Waals surface area contributed by atoms with Crippen LogP contribution in [0.15, 0.2) is 66.9 Å². The number of aromatic nitrogens is 2. The molecular formula is C28H33IN4. The van der Waals surface area contributed by atoms with Gasteiger partial charge in [-0.15, -0.1) is 0 Å².